The molecule has 0 aromatic heterocycles. The van der Waals surface area contributed by atoms with Crippen LogP contribution in [0.2, 0.25) is 0 Å². The van der Waals surface area contributed by atoms with Crippen LogP contribution < -0.4 is 4.74 Å². The van der Waals surface area contributed by atoms with Gasteiger partial charge in [-0.1, -0.05) is 72.8 Å². The monoisotopic (exact) mass is 304 g/mol. The van der Waals surface area contributed by atoms with Crippen LogP contribution in [0, 0.1) is 0 Å². The number of benzene rings is 3. The minimum atomic E-state index is -1.07. The fourth-order valence-corrected chi connectivity index (χ4v) is 2.88. The predicted octanol–water partition coefficient (Wildman–Crippen LogP) is 4.17. The summed E-state index contributed by atoms with van der Waals surface area (Å²) in [6, 6.07) is 27.4. The van der Waals surface area contributed by atoms with E-state index < -0.39 is 5.60 Å². The first-order chi connectivity index (χ1) is 11.2. The van der Waals surface area contributed by atoms with Gasteiger partial charge in [0.25, 0.3) is 0 Å². The van der Waals surface area contributed by atoms with E-state index in [2.05, 4.69) is 0 Å². The predicted molar refractivity (Wildman–Crippen MR) is 92.6 cm³/mol. The highest BCUT2D eigenvalue weighted by Crippen LogP contribution is 2.33. The molecule has 0 spiro atoms. The van der Waals surface area contributed by atoms with E-state index in [-0.39, 0.29) is 0 Å². The van der Waals surface area contributed by atoms with Crippen molar-refractivity contribution >= 4 is 0 Å². The molecule has 0 amide bonds. The lowest BCUT2D eigenvalue weighted by Crippen LogP contribution is -2.30. The molecule has 116 valence electrons. The van der Waals surface area contributed by atoms with Gasteiger partial charge in [0.1, 0.15) is 11.4 Å². The lowest BCUT2D eigenvalue weighted by Gasteiger charge is -2.30. The van der Waals surface area contributed by atoms with Gasteiger partial charge >= 0.3 is 0 Å². The molecule has 0 aliphatic carbocycles. The van der Waals surface area contributed by atoms with Crippen LogP contribution in [0.5, 0.6) is 5.75 Å². The fourth-order valence-electron chi connectivity index (χ4n) is 2.88. The van der Waals surface area contributed by atoms with Crippen LogP contribution in [0.4, 0.5) is 0 Å². The van der Waals surface area contributed by atoms with E-state index in [1.165, 1.54) is 0 Å². The summed E-state index contributed by atoms with van der Waals surface area (Å²) in [5.74, 6) is 0.797. The number of methoxy groups -OCH3 is 1. The van der Waals surface area contributed by atoms with Crippen molar-refractivity contribution in [3.63, 3.8) is 0 Å². The third-order valence-electron chi connectivity index (χ3n) is 4.10. The Morgan fingerprint density at radius 1 is 0.783 bits per heavy atom. The van der Waals surface area contributed by atoms with Gasteiger partial charge in [0.05, 0.1) is 7.11 Å². The summed E-state index contributed by atoms with van der Waals surface area (Å²) in [5.41, 5.74) is 1.72. The van der Waals surface area contributed by atoms with Crippen molar-refractivity contribution in [2.75, 3.05) is 7.11 Å². The molecule has 2 heteroatoms. The minimum absolute atomic E-state index is 0.484. The first-order valence-electron chi connectivity index (χ1n) is 7.69. The van der Waals surface area contributed by atoms with Crippen molar-refractivity contribution in [3.8, 4) is 5.75 Å². The highest BCUT2D eigenvalue weighted by molar-refractivity contribution is 5.39. The number of hydrogen-bond donors (Lipinski definition) is 1. The summed E-state index contributed by atoms with van der Waals surface area (Å²) in [5, 5.41) is 11.5. The molecule has 0 saturated carbocycles. The van der Waals surface area contributed by atoms with Crippen LogP contribution in [0.15, 0.2) is 84.9 Å². The van der Waals surface area contributed by atoms with Crippen LogP contribution >= 0.6 is 0 Å². The smallest absolute Gasteiger partial charge is 0.119 e. The second-order valence-corrected chi connectivity index (χ2v) is 5.62. The van der Waals surface area contributed by atoms with E-state index in [0.29, 0.717) is 6.42 Å². The molecule has 3 aromatic carbocycles. The number of ether oxygens (including phenoxy) is 1. The summed E-state index contributed by atoms with van der Waals surface area (Å²) in [6.07, 6.45) is 0.484. The van der Waals surface area contributed by atoms with Crippen molar-refractivity contribution in [2.45, 2.75) is 12.0 Å². The number of hydrogen-bond acceptors (Lipinski definition) is 2. The van der Waals surface area contributed by atoms with Crippen LogP contribution in [0.3, 0.4) is 0 Å². The summed E-state index contributed by atoms with van der Waals surface area (Å²) >= 11 is 0. The highest BCUT2D eigenvalue weighted by atomic mass is 16.5. The van der Waals surface area contributed by atoms with E-state index in [9.17, 15) is 5.11 Å². The van der Waals surface area contributed by atoms with Gasteiger partial charge in [-0.3, -0.25) is 0 Å². The summed E-state index contributed by atoms with van der Waals surface area (Å²) < 4.78 is 5.30. The Morgan fingerprint density at radius 3 is 1.87 bits per heavy atom. The molecule has 0 atom stereocenters. The average molecular weight is 304 g/mol. The zero-order valence-corrected chi connectivity index (χ0v) is 13.1. The summed E-state index contributed by atoms with van der Waals surface area (Å²) in [7, 11) is 1.65. The first kappa shape index (κ1) is 15.3. The zero-order chi connectivity index (χ0) is 16.1. The first-order valence-corrected chi connectivity index (χ1v) is 7.69. The lowest BCUT2D eigenvalue weighted by atomic mass is 9.81. The van der Waals surface area contributed by atoms with Crippen LogP contribution in [0.1, 0.15) is 16.7 Å². The Balaban J connectivity index is 2.05. The molecule has 0 radical (unpaired) electrons. The topological polar surface area (TPSA) is 29.5 Å². The molecule has 0 aliphatic rings. The normalized spacial score (nSPS) is 11.2. The third kappa shape index (κ3) is 3.27. The molecule has 0 fully saturated rings. The molecule has 2 nitrogen and oxygen atoms in total. The van der Waals surface area contributed by atoms with Gasteiger partial charge in [-0.25, -0.2) is 0 Å². The van der Waals surface area contributed by atoms with E-state index in [1.807, 2.05) is 84.9 Å². The summed E-state index contributed by atoms with van der Waals surface area (Å²) in [6.45, 7) is 0. The molecule has 3 rings (SSSR count). The highest BCUT2D eigenvalue weighted by Gasteiger charge is 2.31. The van der Waals surface area contributed by atoms with E-state index in [1.54, 1.807) is 7.11 Å². The lowest BCUT2D eigenvalue weighted by molar-refractivity contribution is 0.0811. The number of rotatable bonds is 5. The summed E-state index contributed by atoms with van der Waals surface area (Å²) in [4.78, 5) is 0. The van der Waals surface area contributed by atoms with Crippen molar-refractivity contribution in [1.29, 1.82) is 0 Å². The van der Waals surface area contributed by atoms with Crippen LogP contribution in [-0.2, 0) is 12.0 Å². The Bertz CT molecular complexity index is 712. The van der Waals surface area contributed by atoms with Gasteiger partial charge in [0, 0.05) is 6.42 Å². The van der Waals surface area contributed by atoms with Gasteiger partial charge in [0.15, 0.2) is 0 Å². The Labute approximate surface area is 137 Å². The van der Waals surface area contributed by atoms with Crippen molar-refractivity contribution in [3.05, 3.63) is 102 Å². The van der Waals surface area contributed by atoms with Crippen LogP contribution in [-0.4, -0.2) is 12.2 Å². The van der Waals surface area contributed by atoms with Crippen LogP contribution in [0.25, 0.3) is 0 Å². The van der Waals surface area contributed by atoms with Gasteiger partial charge < -0.3 is 9.84 Å². The van der Waals surface area contributed by atoms with E-state index >= 15 is 0 Å². The molecule has 23 heavy (non-hydrogen) atoms. The second kappa shape index (κ2) is 6.67. The van der Waals surface area contributed by atoms with Gasteiger partial charge in [-0.15, -0.1) is 0 Å². The molecule has 0 heterocycles. The van der Waals surface area contributed by atoms with Gasteiger partial charge in [-0.05, 0) is 28.8 Å². The van der Waals surface area contributed by atoms with Gasteiger partial charge in [-0.2, -0.15) is 0 Å². The maximum atomic E-state index is 11.5. The third-order valence-corrected chi connectivity index (χ3v) is 4.10. The van der Waals surface area contributed by atoms with Crippen molar-refractivity contribution < 1.29 is 9.84 Å². The Hall–Kier alpha value is -2.58. The van der Waals surface area contributed by atoms with Gasteiger partial charge in [0.2, 0.25) is 0 Å². The molecular formula is C21H20O2. The van der Waals surface area contributed by atoms with Crippen molar-refractivity contribution in [2.24, 2.45) is 0 Å². The number of aliphatic hydroxyl groups is 1. The second-order valence-electron chi connectivity index (χ2n) is 5.62. The molecule has 1 N–H and O–H groups in total. The maximum absolute atomic E-state index is 11.5. The molecular weight excluding hydrogens is 284 g/mol. The molecule has 0 aliphatic heterocycles. The molecule has 0 unspecified atom stereocenters. The quantitative estimate of drug-likeness (QED) is 0.766. The maximum Gasteiger partial charge on any atom is 0.119 e. The average Bonchev–Trinajstić information content (AvgIpc) is 2.63. The Kier molecular flexibility index (Phi) is 4.45. The SMILES string of the molecule is COc1cccc(CC(O)(c2ccccc2)c2ccccc2)c1. The molecule has 3 aromatic rings. The van der Waals surface area contributed by atoms with Crippen molar-refractivity contribution in [1.82, 2.24) is 0 Å². The zero-order valence-electron chi connectivity index (χ0n) is 13.1. The fraction of sp³-hybridized carbons (Fsp3) is 0.143. The Morgan fingerprint density at radius 2 is 1.35 bits per heavy atom. The standard InChI is InChI=1S/C21H20O2/c1-23-20-14-8-9-17(15-20)16-21(22,18-10-4-2-5-11-18)19-12-6-3-7-13-19/h2-15,22H,16H2,1H3. The molecule has 0 saturated heterocycles. The van der Waals surface area contributed by atoms with E-state index in [0.717, 1.165) is 22.4 Å². The van der Waals surface area contributed by atoms with E-state index in [4.69, 9.17) is 4.74 Å². The molecule has 0 bridgehead atoms. The largest absolute Gasteiger partial charge is 0.497 e. The minimum Gasteiger partial charge on any atom is -0.497 e.